The van der Waals surface area contributed by atoms with E-state index >= 15 is 0 Å². The second-order valence-corrected chi connectivity index (χ2v) is 8.45. The van der Waals surface area contributed by atoms with Crippen LogP contribution in [0.5, 0.6) is 0 Å². The van der Waals surface area contributed by atoms with Gasteiger partial charge in [0.2, 0.25) is 5.91 Å². The Morgan fingerprint density at radius 1 is 0.967 bits per heavy atom. The highest BCUT2D eigenvalue weighted by Gasteiger charge is 2.37. The van der Waals surface area contributed by atoms with Gasteiger partial charge in [-0.3, -0.25) is 19.3 Å². The number of anilines is 1. The van der Waals surface area contributed by atoms with Crippen molar-refractivity contribution in [1.82, 2.24) is 9.80 Å². The van der Waals surface area contributed by atoms with Crippen LogP contribution in [-0.4, -0.2) is 59.6 Å². The normalized spacial score (nSPS) is 18.4. The van der Waals surface area contributed by atoms with E-state index in [0.717, 1.165) is 27.9 Å². The number of thioether (sulfide) groups is 1. The Morgan fingerprint density at radius 2 is 1.63 bits per heavy atom. The van der Waals surface area contributed by atoms with E-state index in [-0.39, 0.29) is 12.5 Å². The summed E-state index contributed by atoms with van der Waals surface area (Å²) in [7, 11) is 0. The Hall–Kier alpha value is -2.77. The number of carbonyl (C=O) groups excluding carboxylic acids is 3. The molecule has 2 fully saturated rings. The summed E-state index contributed by atoms with van der Waals surface area (Å²) in [6, 6.07) is 17.0. The number of piperazine rings is 1. The molecular weight excluding hydrogens is 422 g/mol. The van der Waals surface area contributed by atoms with Crippen LogP contribution >= 0.6 is 23.4 Å². The number of rotatable bonds is 4. The Labute approximate surface area is 184 Å². The molecule has 0 unspecified atom stereocenters. The Morgan fingerprint density at radius 3 is 2.30 bits per heavy atom. The van der Waals surface area contributed by atoms with Crippen molar-refractivity contribution < 1.29 is 14.4 Å². The predicted molar refractivity (Wildman–Crippen MR) is 119 cm³/mol. The molecule has 3 amide bonds. The molecule has 2 heterocycles. The summed E-state index contributed by atoms with van der Waals surface area (Å²) < 4.78 is 0. The van der Waals surface area contributed by atoms with Crippen LogP contribution < -0.4 is 4.90 Å². The van der Waals surface area contributed by atoms with E-state index in [1.807, 2.05) is 30.3 Å². The van der Waals surface area contributed by atoms with E-state index in [4.69, 9.17) is 11.6 Å². The lowest BCUT2D eigenvalue weighted by Crippen LogP contribution is -2.51. The standard InChI is InChI=1S/C22H20ClN3O3S/c23-17-8-6-16(7-9-17)14-19-21(28)26(22(29)30-19)15-20(27)25-12-10-24(11-13-25)18-4-2-1-3-5-18/h1-9,14H,10-13,15H2/b19-14+. The van der Waals surface area contributed by atoms with E-state index in [1.165, 1.54) is 0 Å². The van der Waals surface area contributed by atoms with Crippen LogP contribution in [0.3, 0.4) is 0 Å². The maximum absolute atomic E-state index is 12.7. The predicted octanol–water partition coefficient (Wildman–Crippen LogP) is 3.73. The van der Waals surface area contributed by atoms with Crippen LogP contribution in [0, 0.1) is 0 Å². The third-order valence-electron chi connectivity index (χ3n) is 5.09. The van der Waals surface area contributed by atoms with Crippen LogP contribution in [-0.2, 0) is 9.59 Å². The zero-order chi connectivity index (χ0) is 21.1. The van der Waals surface area contributed by atoms with Gasteiger partial charge in [0.1, 0.15) is 6.54 Å². The number of hydrogen-bond acceptors (Lipinski definition) is 5. The maximum atomic E-state index is 12.7. The lowest BCUT2D eigenvalue weighted by molar-refractivity contribution is -0.136. The average Bonchev–Trinajstić information content (AvgIpc) is 3.03. The van der Waals surface area contributed by atoms with E-state index in [9.17, 15) is 14.4 Å². The number of para-hydroxylation sites is 1. The summed E-state index contributed by atoms with van der Waals surface area (Å²) in [4.78, 5) is 43.0. The lowest BCUT2D eigenvalue weighted by Gasteiger charge is -2.36. The van der Waals surface area contributed by atoms with Gasteiger partial charge in [0.05, 0.1) is 4.91 Å². The van der Waals surface area contributed by atoms with Crippen LogP contribution in [0.2, 0.25) is 5.02 Å². The largest absolute Gasteiger partial charge is 0.368 e. The van der Waals surface area contributed by atoms with Crippen molar-refractivity contribution in [1.29, 1.82) is 0 Å². The molecule has 2 aromatic carbocycles. The molecule has 2 saturated heterocycles. The van der Waals surface area contributed by atoms with Gasteiger partial charge in [0.25, 0.3) is 11.1 Å². The molecule has 0 saturated carbocycles. The van der Waals surface area contributed by atoms with Gasteiger partial charge in [-0.1, -0.05) is 41.9 Å². The molecule has 0 aliphatic carbocycles. The van der Waals surface area contributed by atoms with Crippen LogP contribution in [0.4, 0.5) is 10.5 Å². The van der Waals surface area contributed by atoms with E-state index in [1.54, 1.807) is 35.2 Å². The topological polar surface area (TPSA) is 60.9 Å². The Bertz CT molecular complexity index is 986. The third-order valence-corrected chi connectivity index (χ3v) is 6.25. The van der Waals surface area contributed by atoms with Gasteiger partial charge in [-0.2, -0.15) is 0 Å². The number of benzene rings is 2. The van der Waals surface area contributed by atoms with Gasteiger partial charge < -0.3 is 9.80 Å². The zero-order valence-electron chi connectivity index (χ0n) is 16.2. The first-order valence-electron chi connectivity index (χ1n) is 9.60. The minimum absolute atomic E-state index is 0.210. The fourth-order valence-electron chi connectivity index (χ4n) is 3.43. The van der Waals surface area contributed by atoms with Gasteiger partial charge in [0, 0.05) is 36.9 Å². The molecule has 4 rings (SSSR count). The van der Waals surface area contributed by atoms with Crippen molar-refractivity contribution in [2.45, 2.75) is 0 Å². The summed E-state index contributed by atoms with van der Waals surface area (Å²) >= 11 is 6.73. The molecule has 8 heteroatoms. The molecule has 154 valence electrons. The lowest BCUT2D eigenvalue weighted by atomic mass is 10.2. The van der Waals surface area contributed by atoms with Crippen LogP contribution in [0.1, 0.15) is 5.56 Å². The van der Waals surface area contributed by atoms with Crippen LogP contribution in [0.25, 0.3) is 6.08 Å². The van der Waals surface area contributed by atoms with E-state index in [0.29, 0.717) is 36.1 Å². The van der Waals surface area contributed by atoms with E-state index in [2.05, 4.69) is 4.90 Å². The zero-order valence-corrected chi connectivity index (χ0v) is 17.7. The van der Waals surface area contributed by atoms with Crippen molar-refractivity contribution >= 4 is 52.2 Å². The molecule has 2 aliphatic heterocycles. The molecule has 0 bridgehead atoms. The summed E-state index contributed by atoms with van der Waals surface area (Å²) in [5.41, 5.74) is 1.90. The summed E-state index contributed by atoms with van der Waals surface area (Å²) in [6.45, 7) is 2.32. The van der Waals surface area contributed by atoms with Gasteiger partial charge >= 0.3 is 0 Å². The highest BCUT2D eigenvalue weighted by atomic mass is 35.5. The quantitative estimate of drug-likeness (QED) is 0.676. The van der Waals surface area contributed by atoms with Crippen molar-refractivity contribution in [2.75, 3.05) is 37.6 Å². The number of nitrogens with zero attached hydrogens (tertiary/aromatic N) is 3. The minimum Gasteiger partial charge on any atom is -0.368 e. The fraction of sp³-hybridized carbons (Fsp3) is 0.227. The second-order valence-electron chi connectivity index (χ2n) is 7.02. The molecule has 6 nitrogen and oxygen atoms in total. The van der Waals surface area contributed by atoms with E-state index < -0.39 is 11.1 Å². The van der Waals surface area contributed by atoms with Crippen molar-refractivity contribution in [2.24, 2.45) is 0 Å². The summed E-state index contributed by atoms with van der Waals surface area (Å²) in [5.74, 6) is -0.644. The minimum atomic E-state index is -0.434. The SMILES string of the molecule is O=C(CN1C(=O)S/C(=C/c2ccc(Cl)cc2)C1=O)N1CCN(c2ccccc2)CC1. The average molecular weight is 442 g/mol. The molecule has 0 N–H and O–H groups in total. The number of hydrogen-bond donors (Lipinski definition) is 0. The third kappa shape index (κ3) is 4.52. The van der Waals surface area contributed by atoms with Gasteiger partial charge in [-0.25, -0.2) is 0 Å². The van der Waals surface area contributed by atoms with Gasteiger partial charge in [-0.05, 0) is 47.7 Å². The highest BCUT2D eigenvalue weighted by molar-refractivity contribution is 8.18. The molecule has 0 atom stereocenters. The monoisotopic (exact) mass is 441 g/mol. The highest BCUT2D eigenvalue weighted by Crippen LogP contribution is 2.32. The van der Waals surface area contributed by atoms with Crippen molar-refractivity contribution in [3.63, 3.8) is 0 Å². The Balaban J connectivity index is 1.36. The van der Waals surface area contributed by atoms with Crippen LogP contribution in [0.15, 0.2) is 59.5 Å². The summed E-state index contributed by atoms with van der Waals surface area (Å²) in [6.07, 6.45) is 1.64. The Kier molecular flexibility index (Phi) is 6.11. The first kappa shape index (κ1) is 20.5. The first-order chi connectivity index (χ1) is 14.5. The fourth-order valence-corrected chi connectivity index (χ4v) is 4.40. The van der Waals surface area contributed by atoms with Crippen molar-refractivity contribution in [3.8, 4) is 0 Å². The summed E-state index contributed by atoms with van der Waals surface area (Å²) in [5, 5.41) is 0.176. The second kappa shape index (κ2) is 8.93. The number of carbonyl (C=O) groups is 3. The van der Waals surface area contributed by atoms with Gasteiger partial charge in [-0.15, -0.1) is 0 Å². The van der Waals surface area contributed by atoms with Gasteiger partial charge in [0.15, 0.2) is 0 Å². The molecule has 0 spiro atoms. The van der Waals surface area contributed by atoms with Crippen molar-refractivity contribution in [3.05, 3.63) is 70.1 Å². The molecule has 0 aromatic heterocycles. The maximum Gasteiger partial charge on any atom is 0.294 e. The molecular formula is C22H20ClN3O3S. The molecule has 2 aromatic rings. The molecule has 2 aliphatic rings. The number of amides is 3. The number of imide groups is 1. The smallest absolute Gasteiger partial charge is 0.294 e. The first-order valence-corrected chi connectivity index (χ1v) is 10.8. The molecule has 0 radical (unpaired) electrons. The molecule has 30 heavy (non-hydrogen) atoms. The number of halogens is 1.